The minimum absolute atomic E-state index is 0. The molecule has 0 aliphatic heterocycles. The number of nitrogens with one attached hydrogen (secondary N) is 1. The van der Waals surface area contributed by atoms with Crippen molar-refractivity contribution in [2.45, 2.75) is 45.1 Å². The van der Waals surface area contributed by atoms with Crippen LogP contribution in [0.5, 0.6) is 0 Å². The number of rotatable bonds is 2. The Bertz CT molecular complexity index is 388. The third kappa shape index (κ3) is 3.40. The van der Waals surface area contributed by atoms with Crippen LogP contribution in [-0.4, -0.2) is 16.4 Å². The summed E-state index contributed by atoms with van der Waals surface area (Å²) >= 11 is 1.58. The van der Waals surface area contributed by atoms with Gasteiger partial charge in [0.05, 0.1) is 11.2 Å². The molecule has 2 rings (SSSR count). The molecular formula is C11H18ClN3OS. The lowest BCUT2D eigenvalue weighted by Crippen LogP contribution is -2.45. The summed E-state index contributed by atoms with van der Waals surface area (Å²) in [6, 6.07) is 0. The minimum Gasteiger partial charge on any atom is -0.318 e. The van der Waals surface area contributed by atoms with E-state index in [0.717, 1.165) is 18.5 Å². The van der Waals surface area contributed by atoms with Gasteiger partial charge in [-0.25, -0.2) is 4.98 Å². The van der Waals surface area contributed by atoms with Crippen LogP contribution in [0.15, 0.2) is 0 Å². The highest BCUT2D eigenvalue weighted by Gasteiger charge is 2.24. The predicted molar refractivity (Wildman–Crippen MR) is 72.9 cm³/mol. The van der Waals surface area contributed by atoms with E-state index in [4.69, 9.17) is 5.73 Å². The van der Waals surface area contributed by atoms with Crippen molar-refractivity contribution in [3.63, 3.8) is 0 Å². The maximum atomic E-state index is 11.7. The van der Waals surface area contributed by atoms with Crippen molar-refractivity contribution in [3.05, 3.63) is 10.6 Å². The van der Waals surface area contributed by atoms with Crippen LogP contribution >= 0.6 is 23.7 Å². The van der Waals surface area contributed by atoms with Gasteiger partial charge in [-0.3, -0.25) is 4.79 Å². The van der Waals surface area contributed by atoms with Gasteiger partial charge in [-0.1, -0.05) is 0 Å². The molecule has 1 amide bonds. The van der Waals surface area contributed by atoms with Gasteiger partial charge in [0.2, 0.25) is 5.91 Å². The Kier molecular flexibility index (Phi) is 4.52. The molecule has 0 aromatic carbocycles. The first-order valence-electron chi connectivity index (χ1n) is 5.56. The maximum Gasteiger partial charge on any atom is 0.245 e. The zero-order chi connectivity index (χ0) is 11.8. The van der Waals surface area contributed by atoms with Gasteiger partial charge in [0.15, 0.2) is 5.13 Å². The van der Waals surface area contributed by atoms with E-state index in [9.17, 15) is 4.79 Å². The first-order valence-corrected chi connectivity index (χ1v) is 6.37. The molecule has 0 fully saturated rings. The number of nitrogens with two attached hydrogens (primary N) is 1. The Morgan fingerprint density at radius 1 is 1.41 bits per heavy atom. The smallest absolute Gasteiger partial charge is 0.245 e. The van der Waals surface area contributed by atoms with Gasteiger partial charge in [0, 0.05) is 4.88 Å². The zero-order valence-corrected chi connectivity index (χ0v) is 11.7. The molecule has 0 saturated heterocycles. The molecule has 1 aromatic heterocycles. The second kappa shape index (κ2) is 5.33. The molecule has 0 bridgehead atoms. The van der Waals surface area contributed by atoms with Gasteiger partial charge < -0.3 is 11.1 Å². The predicted octanol–water partition coefficient (Wildman–Crippen LogP) is 2.12. The summed E-state index contributed by atoms with van der Waals surface area (Å²) in [6.45, 7) is 3.38. The number of hydrogen-bond acceptors (Lipinski definition) is 4. The SMILES string of the molecule is CC(C)(N)C(=O)Nc1nc2c(s1)CCCC2.Cl. The average molecular weight is 276 g/mol. The molecular weight excluding hydrogens is 258 g/mol. The van der Waals surface area contributed by atoms with Crippen molar-refractivity contribution < 1.29 is 4.79 Å². The average Bonchev–Trinajstić information content (AvgIpc) is 2.58. The highest BCUT2D eigenvalue weighted by molar-refractivity contribution is 7.15. The molecule has 1 aliphatic carbocycles. The van der Waals surface area contributed by atoms with Crippen LogP contribution in [0, 0.1) is 0 Å². The van der Waals surface area contributed by atoms with E-state index < -0.39 is 5.54 Å². The monoisotopic (exact) mass is 275 g/mol. The van der Waals surface area contributed by atoms with Gasteiger partial charge in [-0.2, -0.15) is 0 Å². The normalized spacial score (nSPS) is 14.8. The number of carbonyl (C=O) groups is 1. The second-order valence-electron chi connectivity index (χ2n) is 4.77. The number of aromatic nitrogens is 1. The molecule has 0 atom stereocenters. The van der Waals surface area contributed by atoms with E-state index >= 15 is 0 Å². The van der Waals surface area contributed by atoms with Crippen LogP contribution in [0.25, 0.3) is 0 Å². The van der Waals surface area contributed by atoms with Crippen molar-refractivity contribution in [1.29, 1.82) is 0 Å². The van der Waals surface area contributed by atoms with Gasteiger partial charge in [-0.15, -0.1) is 23.7 Å². The van der Waals surface area contributed by atoms with Crippen molar-refractivity contribution in [1.82, 2.24) is 4.98 Å². The van der Waals surface area contributed by atoms with E-state index in [2.05, 4.69) is 10.3 Å². The van der Waals surface area contributed by atoms with Crippen LogP contribution in [0.2, 0.25) is 0 Å². The Hall–Kier alpha value is -0.650. The Morgan fingerprint density at radius 3 is 2.65 bits per heavy atom. The first-order chi connectivity index (χ1) is 7.47. The molecule has 0 saturated carbocycles. The number of anilines is 1. The van der Waals surface area contributed by atoms with Crippen LogP contribution in [0.3, 0.4) is 0 Å². The number of fused-ring (bicyclic) bond motifs is 1. The lowest BCUT2D eigenvalue weighted by atomic mass is 10.0. The summed E-state index contributed by atoms with van der Waals surface area (Å²) in [5.74, 6) is -0.182. The topological polar surface area (TPSA) is 68.0 Å². The standard InChI is InChI=1S/C11H17N3OS.ClH/c1-11(2,12)9(15)14-10-13-7-5-3-4-6-8(7)16-10;/h3-6,12H2,1-2H3,(H,13,14,15);1H. The molecule has 96 valence electrons. The molecule has 1 aromatic rings. The quantitative estimate of drug-likeness (QED) is 0.869. The Balaban J connectivity index is 0.00000144. The Labute approximate surface area is 111 Å². The first kappa shape index (κ1) is 14.4. The van der Waals surface area contributed by atoms with Crippen LogP contribution in [0.1, 0.15) is 37.3 Å². The maximum absolute atomic E-state index is 11.7. The number of carbonyl (C=O) groups excluding carboxylic acids is 1. The van der Waals surface area contributed by atoms with Crippen LogP contribution < -0.4 is 11.1 Å². The fourth-order valence-electron chi connectivity index (χ4n) is 1.66. The van der Waals surface area contributed by atoms with E-state index in [0.29, 0.717) is 5.13 Å². The number of amides is 1. The number of nitrogens with zero attached hydrogens (tertiary/aromatic N) is 1. The zero-order valence-electron chi connectivity index (χ0n) is 10.1. The molecule has 1 heterocycles. The van der Waals surface area contributed by atoms with Crippen LogP contribution in [0.4, 0.5) is 5.13 Å². The van der Waals surface area contributed by atoms with E-state index in [1.807, 2.05) is 0 Å². The fraction of sp³-hybridized carbons (Fsp3) is 0.636. The number of aryl methyl sites for hydroxylation is 2. The molecule has 17 heavy (non-hydrogen) atoms. The summed E-state index contributed by atoms with van der Waals surface area (Å²) in [5.41, 5.74) is 6.01. The third-order valence-electron chi connectivity index (χ3n) is 2.65. The van der Waals surface area contributed by atoms with Gasteiger partial charge in [-0.05, 0) is 39.5 Å². The van der Waals surface area contributed by atoms with E-state index in [1.54, 1.807) is 25.2 Å². The van der Waals surface area contributed by atoms with Crippen molar-refractivity contribution in [2.75, 3.05) is 5.32 Å². The number of hydrogen-bond donors (Lipinski definition) is 2. The molecule has 3 N–H and O–H groups in total. The molecule has 1 aliphatic rings. The summed E-state index contributed by atoms with van der Waals surface area (Å²) in [5, 5.41) is 3.47. The summed E-state index contributed by atoms with van der Waals surface area (Å²) in [6.07, 6.45) is 4.56. The second-order valence-corrected chi connectivity index (χ2v) is 5.86. The van der Waals surface area contributed by atoms with E-state index in [-0.39, 0.29) is 18.3 Å². The van der Waals surface area contributed by atoms with Crippen LogP contribution in [-0.2, 0) is 17.6 Å². The van der Waals surface area contributed by atoms with E-state index in [1.165, 1.54) is 17.7 Å². The lowest BCUT2D eigenvalue weighted by Gasteiger charge is -2.16. The summed E-state index contributed by atoms with van der Waals surface area (Å²) < 4.78 is 0. The Morgan fingerprint density at radius 2 is 2.06 bits per heavy atom. The van der Waals surface area contributed by atoms with Gasteiger partial charge in [0.1, 0.15) is 0 Å². The summed E-state index contributed by atoms with van der Waals surface area (Å²) in [4.78, 5) is 17.4. The van der Waals surface area contributed by atoms with Crippen molar-refractivity contribution in [3.8, 4) is 0 Å². The van der Waals surface area contributed by atoms with Gasteiger partial charge in [0.25, 0.3) is 0 Å². The summed E-state index contributed by atoms with van der Waals surface area (Å²) in [7, 11) is 0. The highest BCUT2D eigenvalue weighted by Crippen LogP contribution is 2.29. The molecule has 0 radical (unpaired) electrons. The molecule has 6 heteroatoms. The number of halogens is 1. The molecule has 0 spiro atoms. The van der Waals surface area contributed by atoms with Gasteiger partial charge >= 0.3 is 0 Å². The largest absolute Gasteiger partial charge is 0.318 e. The molecule has 4 nitrogen and oxygen atoms in total. The minimum atomic E-state index is -0.855. The number of thiazole rings is 1. The van der Waals surface area contributed by atoms with Crippen molar-refractivity contribution >= 4 is 34.8 Å². The van der Waals surface area contributed by atoms with Crippen molar-refractivity contribution in [2.24, 2.45) is 5.73 Å². The molecule has 0 unspecified atom stereocenters. The highest BCUT2D eigenvalue weighted by atomic mass is 35.5. The third-order valence-corrected chi connectivity index (χ3v) is 3.72. The fourth-order valence-corrected chi connectivity index (χ4v) is 2.71. The lowest BCUT2D eigenvalue weighted by molar-refractivity contribution is -0.120.